The lowest BCUT2D eigenvalue weighted by molar-refractivity contribution is 0.0728. The Kier molecular flexibility index (Phi) is 3.85. The number of rotatable bonds is 2. The van der Waals surface area contributed by atoms with Crippen LogP contribution in [0.1, 0.15) is 27.2 Å². The van der Waals surface area contributed by atoms with Crippen LogP contribution in [0, 0.1) is 0 Å². The molecule has 2 aliphatic heterocycles. The van der Waals surface area contributed by atoms with Crippen molar-refractivity contribution in [3.63, 3.8) is 0 Å². The molecule has 3 heterocycles. The molecule has 0 N–H and O–H groups in total. The number of para-hydroxylation sites is 1. The second-order valence-corrected chi connectivity index (χ2v) is 7.04. The molecule has 27 heavy (non-hydrogen) atoms. The summed E-state index contributed by atoms with van der Waals surface area (Å²) in [6.45, 7) is 2.24. The molecular formula is C22H20N4O. The highest BCUT2D eigenvalue weighted by atomic mass is 16.2. The molecule has 3 aromatic rings. The van der Waals surface area contributed by atoms with Gasteiger partial charge in [0.25, 0.3) is 5.91 Å². The summed E-state index contributed by atoms with van der Waals surface area (Å²) in [5.74, 6) is 0.761. The van der Waals surface area contributed by atoms with E-state index in [1.807, 2.05) is 23.1 Å². The number of benzene rings is 2. The van der Waals surface area contributed by atoms with Crippen molar-refractivity contribution in [3.8, 4) is 0 Å². The van der Waals surface area contributed by atoms with Gasteiger partial charge in [0.2, 0.25) is 0 Å². The molecule has 5 rings (SSSR count). The molecule has 2 aromatic carbocycles. The maximum atomic E-state index is 13.0. The molecule has 5 heteroatoms. The zero-order chi connectivity index (χ0) is 18.2. The van der Waals surface area contributed by atoms with Gasteiger partial charge in [-0.2, -0.15) is 0 Å². The van der Waals surface area contributed by atoms with Gasteiger partial charge < -0.3 is 9.80 Å². The maximum absolute atomic E-state index is 13.0. The van der Waals surface area contributed by atoms with Gasteiger partial charge >= 0.3 is 0 Å². The van der Waals surface area contributed by atoms with Crippen molar-refractivity contribution in [1.29, 1.82) is 0 Å². The molecule has 0 saturated carbocycles. The van der Waals surface area contributed by atoms with Crippen LogP contribution in [0.2, 0.25) is 0 Å². The van der Waals surface area contributed by atoms with E-state index in [0.29, 0.717) is 12.2 Å². The molecule has 0 saturated heterocycles. The summed E-state index contributed by atoms with van der Waals surface area (Å²) >= 11 is 0. The molecule has 134 valence electrons. The average molecular weight is 356 g/mol. The van der Waals surface area contributed by atoms with Crippen LogP contribution in [0.25, 0.3) is 0 Å². The number of aromatic nitrogens is 2. The third kappa shape index (κ3) is 2.85. The number of carbonyl (C=O) groups excluding carboxylic acids is 1. The van der Waals surface area contributed by atoms with E-state index in [1.165, 1.54) is 28.7 Å². The van der Waals surface area contributed by atoms with Crippen molar-refractivity contribution < 1.29 is 4.79 Å². The van der Waals surface area contributed by atoms with Crippen LogP contribution >= 0.6 is 0 Å². The SMILES string of the molecule is O=C(c1cc(N2CCc3ccccc32)ncn1)N1CCc2ccccc2C1. The zero-order valence-electron chi connectivity index (χ0n) is 15.0. The first kappa shape index (κ1) is 16.0. The monoisotopic (exact) mass is 356 g/mol. The van der Waals surface area contributed by atoms with Gasteiger partial charge in [-0.3, -0.25) is 4.79 Å². The molecule has 0 unspecified atom stereocenters. The van der Waals surface area contributed by atoms with E-state index in [1.54, 1.807) is 0 Å². The molecule has 1 amide bonds. The van der Waals surface area contributed by atoms with Gasteiger partial charge in [0.1, 0.15) is 17.8 Å². The summed E-state index contributed by atoms with van der Waals surface area (Å²) in [6, 6.07) is 18.5. The maximum Gasteiger partial charge on any atom is 0.272 e. The predicted molar refractivity (Wildman–Crippen MR) is 104 cm³/mol. The Morgan fingerprint density at radius 2 is 1.59 bits per heavy atom. The highest BCUT2D eigenvalue weighted by Crippen LogP contribution is 2.33. The van der Waals surface area contributed by atoms with E-state index in [4.69, 9.17) is 0 Å². The fourth-order valence-electron chi connectivity index (χ4n) is 4.02. The van der Waals surface area contributed by atoms with Crippen LogP contribution in [-0.4, -0.2) is 33.9 Å². The van der Waals surface area contributed by atoms with Crippen LogP contribution in [0.15, 0.2) is 60.9 Å². The number of nitrogens with zero attached hydrogens (tertiary/aromatic N) is 4. The summed E-state index contributed by atoms with van der Waals surface area (Å²) in [5, 5.41) is 0. The molecule has 5 nitrogen and oxygen atoms in total. The van der Waals surface area contributed by atoms with Crippen molar-refractivity contribution in [2.45, 2.75) is 19.4 Å². The van der Waals surface area contributed by atoms with Gasteiger partial charge in [0.15, 0.2) is 0 Å². The van der Waals surface area contributed by atoms with E-state index in [-0.39, 0.29) is 5.91 Å². The lowest BCUT2D eigenvalue weighted by atomic mass is 10.00. The summed E-state index contributed by atoms with van der Waals surface area (Å²) in [5.41, 5.74) is 5.50. The van der Waals surface area contributed by atoms with E-state index >= 15 is 0 Å². The topological polar surface area (TPSA) is 49.3 Å². The van der Waals surface area contributed by atoms with Crippen LogP contribution in [0.4, 0.5) is 11.5 Å². The second-order valence-electron chi connectivity index (χ2n) is 7.04. The standard InChI is InChI=1S/C22H20N4O/c27-22(25-11-9-16-5-1-2-7-18(16)14-25)19-13-21(24-15-23-19)26-12-10-17-6-3-4-8-20(17)26/h1-8,13,15H,9-12,14H2. The summed E-state index contributed by atoms with van der Waals surface area (Å²) in [7, 11) is 0. The minimum absolute atomic E-state index is 0.0272. The van der Waals surface area contributed by atoms with Crippen molar-refractivity contribution in [2.75, 3.05) is 18.0 Å². The fraction of sp³-hybridized carbons (Fsp3) is 0.227. The van der Waals surface area contributed by atoms with E-state index in [0.717, 1.165) is 31.7 Å². The predicted octanol–water partition coefficient (Wildman–Crippen LogP) is 3.37. The van der Waals surface area contributed by atoms with E-state index in [2.05, 4.69) is 51.3 Å². The first-order chi connectivity index (χ1) is 13.3. The molecule has 0 radical (unpaired) electrons. The Morgan fingerprint density at radius 1 is 0.852 bits per heavy atom. The first-order valence-corrected chi connectivity index (χ1v) is 9.33. The minimum atomic E-state index is -0.0272. The quantitative estimate of drug-likeness (QED) is 0.706. The summed E-state index contributed by atoms with van der Waals surface area (Å²) in [6.07, 6.45) is 3.38. The second kappa shape index (κ2) is 6.50. The smallest absolute Gasteiger partial charge is 0.272 e. The van der Waals surface area contributed by atoms with Gasteiger partial charge in [-0.15, -0.1) is 0 Å². The summed E-state index contributed by atoms with van der Waals surface area (Å²) in [4.78, 5) is 25.8. The van der Waals surface area contributed by atoms with Crippen LogP contribution in [0.3, 0.4) is 0 Å². The lowest BCUT2D eigenvalue weighted by Gasteiger charge is -2.28. The first-order valence-electron chi connectivity index (χ1n) is 9.33. The zero-order valence-corrected chi connectivity index (χ0v) is 15.0. The Morgan fingerprint density at radius 3 is 2.48 bits per heavy atom. The molecule has 0 atom stereocenters. The number of amides is 1. The Bertz CT molecular complexity index is 1020. The van der Waals surface area contributed by atoms with Crippen molar-refractivity contribution in [1.82, 2.24) is 14.9 Å². The number of hydrogen-bond acceptors (Lipinski definition) is 4. The number of anilines is 2. The molecular weight excluding hydrogens is 336 g/mol. The molecule has 0 spiro atoms. The third-order valence-electron chi connectivity index (χ3n) is 5.45. The van der Waals surface area contributed by atoms with Gasteiger partial charge in [0, 0.05) is 31.4 Å². The fourth-order valence-corrected chi connectivity index (χ4v) is 4.02. The molecule has 0 bridgehead atoms. The number of carbonyl (C=O) groups is 1. The van der Waals surface area contributed by atoms with Crippen molar-refractivity contribution >= 4 is 17.4 Å². The number of fused-ring (bicyclic) bond motifs is 2. The Labute approximate surface area is 158 Å². The van der Waals surface area contributed by atoms with E-state index in [9.17, 15) is 4.79 Å². The minimum Gasteiger partial charge on any atom is -0.333 e. The highest BCUT2D eigenvalue weighted by molar-refractivity contribution is 5.93. The van der Waals surface area contributed by atoms with Gasteiger partial charge in [0.05, 0.1) is 0 Å². The van der Waals surface area contributed by atoms with Gasteiger partial charge in [-0.1, -0.05) is 42.5 Å². The number of hydrogen-bond donors (Lipinski definition) is 0. The van der Waals surface area contributed by atoms with Crippen LogP contribution in [0.5, 0.6) is 0 Å². The molecule has 0 aliphatic carbocycles. The van der Waals surface area contributed by atoms with E-state index < -0.39 is 0 Å². The van der Waals surface area contributed by atoms with Gasteiger partial charge in [-0.05, 0) is 35.6 Å². The van der Waals surface area contributed by atoms with Gasteiger partial charge in [-0.25, -0.2) is 9.97 Å². The largest absolute Gasteiger partial charge is 0.333 e. The van der Waals surface area contributed by atoms with Crippen molar-refractivity contribution in [2.24, 2.45) is 0 Å². The Balaban J connectivity index is 1.41. The van der Waals surface area contributed by atoms with Crippen molar-refractivity contribution in [3.05, 3.63) is 83.3 Å². The molecule has 2 aliphatic rings. The van der Waals surface area contributed by atoms with Crippen LogP contribution in [-0.2, 0) is 19.4 Å². The van der Waals surface area contributed by atoms with Crippen LogP contribution < -0.4 is 4.90 Å². The molecule has 1 aromatic heterocycles. The summed E-state index contributed by atoms with van der Waals surface area (Å²) < 4.78 is 0. The normalized spacial score (nSPS) is 15.4. The third-order valence-corrected chi connectivity index (χ3v) is 5.45. The average Bonchev–Trinajstić information content (AvgIpc) is 3.17. The molecule has 0 fully saturated rings. The Hall–Kier alpha value is -3.21. The highest BCUT2D eigenvalue weighted by Gasteiger charge is 2.25. The lowest BCUT2D eigenvalue weighted by Crippen LogP contribution is -2.36.